The summed E-state index contributed by atoms with van der Waals surface area (Å²) in [5, 5.41) is 2.46. The molecule has 1 aromatic carbocycles. The molecule has 1 unspecified atom stereocenters. The van der Waals surface area contributed by atoms with E-state index < -0.39 is 5.82 Å². The van der Waals surface area contributed by atoms with Crippen molar-refractivity contribution in [2.45, 2.75) is 12.5 Å². The van der Waals surface area contributed by atoms with Crippen molar-refractivity contribution in [1.29, 1.82) is 0 Å². The molecule has 0 spiro atoms. The summed E-state index contributed by atoms with van der Waals surface area (Å²) in [6.07, 6.45) is 0.219. The van der Waals surface area contributed by atoms with E-state index in [4.69, 9.17) is 5.73 Å². The highest BCUT2D eigenvalue weighted by Gasteiger charge is 2.23. The Labute approximate surface area is 74.7 Å². The minimum Gasteiger partial charge on any atom is -0.323 e. The van der Waals surface area contributed by atoms with Crippen molar-refractivity contribution in [2.75, 3.05) is 5.32 Å². The third-order valence-electron chi connectivity index (χ3n) is 2.12. The van der Waals surface area contributed by atoms with E-state index in [-0.39, 0.29) is 24.1 Å². The molecular formula is C9H9FN2O. The molecule has 68 valence electrons. The van der Waals surface area contributed by atoms with Gasteiger partial charge in [0.05, 0.1) is 5.69 Å². The Morgan fingerprint density at radius 2 is 2.31 bits per heavy atom. The Hall–Kier alpha value is -1.42. The van der Waals surface area contributed by atoms with Gasteiger partial charge in [0.2, 0.25) is 5.91 Å². The topological polar surface area (TPSA) is 55.1 Å². The molecule has 1 aromatic rings. The first kappa shape index (κ1) is 8.19. The molecule has 0 aromatic heterocycles. The van der Waals surface area contributed by atoms with Crippen LogP contribution in [0.3, 0.4) is 0 Å². The van der Waals surface area contributed by atoms with Gasteiger partial charge in [0, 0.05) is 12.5 Å². The molecule has 0 aliphatic carbocycles. The van der Waals surface area contributed by atoms with Gasteiger partial charge in [0.15, 0.2) is 0 Å². The molecule has 3 N–H and O–H groups in total. The first-order valence-corrected chi connectivity index (χ1v) is 4.02. The summed E-state index contributed by atoms with van der Waals surface area (Å²) in [7, 11) is 0. The van der Waals surface area contributed by atoms with Gasteiger partial charge in [0.25, 0.3) is 0 Å². The third-order valence-corrected chi connectivity index (χ3v) is 2.12. The van der Waals surface area contributed by atoms with Crippen LogP contribution < -0.4 is 11.1 Å². The lowest BCUT2D eigenvalue weighted by Crippen LogP contribution is -2.27. The number of benzene rings is 1. The highest BCUT2D eigenvalue weighted by Crippen LogP contribution is 2.30. The second kappa shape index (κ2) is 2.81. The van der Waals surface area contributed by atoms with Gasteiger partial charge < -0.3 is 11.1 Å². The van der Waals surface area contributed by atoms with Crippen LogP contribution in [0.2, 0.25) is 0 Å². The summed E-state index contributed by atoms with van der Waals surface area (Å²) >= 11 is 0. The molecule has 0 radical (unpaired) electrons. The minimum absolute atomic E-state index is 0.219. The van der Waals surface area contributed by atoms with Crippen LogP contribution >= 0.6 is 0 Å². The van der Waals surface area contributed by atoms with Crippen molar-refractivity contribution in [2.24, 2.45) is 5.73 Å². The minimum atomic E-state index is -0.430. The number of carbonyl (C=O) groups is 1. The van der Waals surface area contributed by atoms with E-state index in [0.717, 1.165) is 0 Å². The third kappa shape index (κ3) is 1.29. The predicted octanol–water partition coefficient (Wildman–Crippen LogP) is 1.17. The maximum atomic E-state index is 13.1. The van der Waals surface area contributed by atoms with Crippen molar-refractivity contribution < 1.29 is 9.18 Å². The zero-order chi connectivity index (χ0) is 9.42. The first-order chi connectivity index (χ1) is 6.18. The quantitative estimate of drug-likeness (QED) is 0.629. The fourth-order valence-corrected chi connectivity index (χ4v) is 1.48. The maximum absolute atomic E-state index is 13.1. The Balaban J connectivity index is 2.54. The molecule has 1 amide bonds. The van der Waals surface area contributed by atoms with Crippen molar-refractivity contribution >= 4 is 11.6 Å². The van der Waals surface area contributed by atoms with E-state index in [1.54, 1.807) is 12.1 Å². The average Bonchev–Trinajstić information content (AvgIpc) is 2.07. The largest absolute Gasteiger partial charge is 0.323 e. The maximum Gasteiger partial charge on any atom is 0.226 e. The zero-order valence-corrected chi connectivity index (χ0v) is 6.88. The van der Waals surface area contributed by atoms with Crippen LogP contribution in [0.5, 0.6) is 0 Å². The molecule has 0 saturated carbocycles. The van der Waals surface area contributed by atoms with Crippen LogP contribution in [0.25, 0.3) is 0 Å². The Morgan fingerprint density at radius 1 is 1.54 bits per heavy atom. The van der Waals surface area contributed by atoms with Crippen LogP contribution in [0.15, 0.2) is 18.2 Å². The number of carbonyl (C=O) groups excluding carboxylic acids is 1. The van der Waals surface area contributed by atoms with Gasteiger partial charge in [-0.3, -0.25) is 4.79 Å². The van der Waals surface area contributed by atoms with Crippen molar-refractivity contribution in [1.82, 2.24) is 0 Å². The predicted molar refractivity (Wildman–Crippen MR) is 46.6 cm³/mol. The molecule has 4 heteroatoms. The Morgan fingerprint density at radius 3 is 3.08 bits per heavy atom. The lowest BCUT2D eigenvalue weighted by molar-refractivity contribution is -0.116. The SMILES string of the molecule is NC1CC(=O)Nc2c(F)cccc21. The number of fused-ring (bicyclic) bond motifs is 1. The van der Waals surface area contributed by atoms with Gasteiger partial charge in [-0.25, -0.2) is 4.39 Å². The van der Waals surface area contributed by atoms with Gasteiger partial charge in [0.1, 0.15) is 5.82 Å². The number of anilines is 1. The van der Waals surface area contributed by atoms with Gasteiger partial charge in [-0.1, -0.05) is 12.1 Å². The molecule has 2 rings (SSSR count). The lowest BCUT2D eigenvalue weighted by Gasteiger charge is -2.22. The van der Waals surface area contributed by atoms with Gasteiger partial charge in [-0.05, 0) is 11.6 Å². The fraction of sp³-hybridized carbons (Fsp3) is 0.222. The van der Waals surface area contributed by atoms with Crippen LogP contribution in [-0.2, 0) is 4.79 Å². The molecule has 1 aliphatic rings. The van der Waals surface area contributed by atoms with Crippen LogP contribution in [-0.4, -0.2) is 5.91 Å². The fourth-order valence-electron chi connectivity index (χ4n) is 1.48. The number of hydrogen-bond acceptors (Lipinski definition) is 2. The first-order valence-electron chi connectivity index (χ1n) is 4.02. The summed E-state index contributed by atoms with van der Waals surface area (Å²) in [5.74, 6) is -0.661. The highest BCUT2D eigenvalue weighted by atomic mass is 19.1. The number of hydrogen-bond donors (Lipinski definition) is 2. The van der Waals surface area contributed by atoms with Crippen LogP contribution in [0, 0.1) is 5.82 Å². The molecule has 1 heterocycles. The van der Waals surface area contributed by atoms with Gasteiger partial charge in [-0.2, -0.15) is 0 Å². The number of halogens is 1. The summed E-state index contributed by atoms with van der Waals surface area (Å²) in [4.78, 5) is 11.0. The molecule has 0 bridgehead atoms. The van der Waals surface area contributed by atoms with E-state index in [0.29, 0.717) is 5.56 Å². The standard InChI is InChI=1S/C9H9FN2O/c10-6-3-1-2-5-7(11)4-8(13)12-9(5)6/h1-3,7H,4,11H2,(H,12,13). The van der Waals surface area contributed by atoms with E-state index in [2.05, 4.69) is 5.32 Å². The second-order valence-corrected chi connectivity index (χ2v) is 3.06. The number of nitrogens with two attached hydrogens (primary N) is 1. The molecule has 13 heavy (non-hydrogen) atoms. The number of amides is 1. The smallest absolute Gasteiger partial charge is 0.226 e. The summed E-state index contributed by atoms with van der Waals surface area (Å²) in [5.41, 5.74) is 6.57. The summed E-state index contributed by atoms with van der Waals surface area (Å²) < 4.78 is 13.1. The van der Waals surface area contributed by atoms with E-state index in [1.807, 2.05) is 0 Å². The van der Waals surface area contributed by atoms with E-state index in [9.17, 15) is 9.18 Å². The van der Waals surface area contributed by atoms with Crippen molar-refractivity contribution in [3.8, 4) is 0 Å². The lowest BCUT2D eigenvalue weighted by atomic mass is 9.98. The Kier molecular flexibility index (Phi) is 1.77. The normalized spacial score (nSPS) is 20.8. The molecule has 0 fully saturated rings. The van der Waals surface area contributed by atoms with Crippen LogP contribution in [0.1, 0.15) is 18.0 Å². The number of nitrogens with one attached hydrogen (secondary N) is 1. The molecule has 3 nitrogen and oxygen atoms in total. The van der Waals surface area contributed by atoms with Crippen LogP contribution in [0.4, 0.5) is 10.1 Å². The van der Waals surface area contributed by atoms with Crippen molar-refractivity contribution in [3.05, 3.63) is 29.6 Å². The van der Waals surface area contributed by atoms with E-state index >= 15 is 0 Å². The summed E-state index contributed by atoms with van der Waals surface area (Å²) in [6, 6.07) is 4.23. The zero-order valence-electron chi connectivity index (χ0n) is 6.88. The van der Waals surface area contributed by atoms with Gasteiger partial charge in [-0.15, -0.1) is 0 Å². The molecule has 1 aliphatic heterocycles. The Bertz CT molecular complexity index is 365. The number of rotatable bonds is 0. The number of para-hydroxylation sites is 1. The highest BCUT2D eigenvalue weighted by molar-refractivity contribution is 5.94. The van der Waals surface area contributed by atoms with Gasteiger partial charge >= 0.3 is 0 Å². The molecule has 1 atom stereocenters. The second-order valence-electron chi connectivity index (χ2n) is 3.06. The molecule has 0 saturated heterocycles. The summed E-state index contributed by atoms with van der Waals surface area (Å²) in [6.45, 7) is 0. The van der Waals surface area contributed by atoms with Crippen molar-refractivity contribution in [3.63, 3.8) is 0 Å². The van der Waals surface area contributed by atoms with E-state index in [1.165, 1.54) is 6.07 Å². The molecular weight excluding hydrogens is 171 g/mol. The monoisotopic (exact) mass is 180 g/mol. The average molecular weight is 180 g/mol.